The summed E-state index contributed by atoms with van der Waals surface area (Å²) in [6.07, 6.45) is 0.0423. The Hall–Kier alpha value is -2.06. The zero-order valence-electron chi connectivity index (χ0n) is 9.82. The van der Waals surface area contributed by atoms with Crippen LogP contribution in [0.4, 0.5) is 0 Å². The predicted octanol–water partition coefficient (Wildman–Crippen LogP) is 0.741. The second kappa shape index (κ2) is 5.87. The smallest absolute Gasteiger partial charge is 0.310 e. The highest BCUT2D eigenvalue weighted by Crippen LogP contribution is 2.26. The molecule has 0 aromatic heterocycles. The normalized spacial score (nSPS) is 9.53. The molecular weight excluding hydrogens is 220 g/mol. The summed E-state index contributed by atoms with van der Waals surface area (Å²) < 4.78 is 9.73. The van der Waals surface area contributed by atoms with Gasteiger partial charge in [-0.3, -0.25) is 4.79 Å². The summed E-state index contributed by atoms with van der Waals surface area (Å²) in [6, 6.07) is 5.47. The fourth-order valence-electron chi connectivity index (χ4n) is 1.56. The van der Waals surface area contributed by atoms with Crippen LogP contribution in [0.1, 0.15) is 16.7 Å². The van der Waals surface area contributed by atoms with Crippen molar-refractivity contribution in [1.29, 1.82) is 5.26 Å². The molecule has 0 heterocycles. The Morgan fingerprint density at radius 1 is 1.41 bits per heavy atom. The first kappa shape index (κ1) is 13.0. The molecule has 0 saturated carbocycles. The van der Waals surface area contributed by atoms with Crippen molar-refractivity contribution < 1.29 is 14.3 Å². The van der Waals surface area contributed by atoms with Crippen molar-refractivity contribution >= 4 is 5.97 Å². The molecule has 2 N–H and O–H groups in total. The fourth-order valence-corrected chi connectivity index (χ4v) is 1.56. The van der Waals surface area contributed by atoms with Crippen LogP contribution in [-0.2, 0) is 22.5 Å². The Labute approximate surface area is 99.7 Å². The van der Waals surface area contributed by atoms with Gasteiger partial charge in [-0.15, -0.1) is 0 Å². The molecule has 0 fully saturated rings. The third kappa shape index (κ3) is 2.74. The number of nitriles is 1. The molecule has 1 aromatic rings. The Morgan fingerprint density at radius 3 is 2.53 bits per heavy atom. The number of nitrogens with zero attached hydrogens (tertiary/aromatic N) is 1. The topological polar surface area (TPSA) is 85.3 Å². The molecule has 5 heteroatoms. The molecule has 90 valence electrons. The predicted molar refractivity (Wildman–Crippen MR) is 61.3 cm³/mol. The molecule has 1 aromatic carbocycles. The number of hydrogen-bond donors (Lipinski definition) is 1. The average molecular weight is 234 g/mol. The van der Waals surface area contributed by atoms with E-state index in [4.69, 9.17) is 15.7 Å². The first-order valence-corrected chi connectivity index (χ1v) is 5.03. The van der Waals surface area contributed by atoms with Gasteiger partial charge in [0.2, 0.25) is 0 Å². The van der Waals surface area contributed by atoms with Gasteiger partial charge in [-0.25, -0.2) is 0 Å². The van der Waals surface area contributed by atoms with Gasteiger partial charge in [0.15, 0.2) is 0 Å². The molecule has 5 nitrogen and oxygen atoms in total. The van der Waals surface area contributed by atoms with Crippen molar-refractivity contribution in [2.75, 3.05) is 14.2 Å². The van der Waals surface area contributed by atoms with E-state index in [2.05, 4.69) is 4.74 Å². The van der Waals surface area contributed by atoms with Crippen molar-refractivity contribution in [3.8, 4) is 11.8 Å². The van der Waals surface area contributed by atoms with E-state index in [-0.39, 0.29) is 13.0 Å². The lowest BCUT2D eigenvalue weighted by molar-refractivity contribution is -0.139. The maximum absolute atomic E-state index is 11.2. The molecule has 0 aliphatic rings. The summed E-state index contributed by atoms with van der Waals surface area (Å²) in [5, 5.41) is 9.11. The Balaban J connectivity index is 3.24. The summed E-state index contributed by atoms with van der Waals surface area (Å²) in [7, 11) is 2.77. The number of methoxy groups -OCH3 is 2. The summed E-state index contributed by atoms with van der Waals surface area (Å²) in [4.78, 5) is 11.2. The van der Waals surface area contributed by atoms with E-state index < -0.39 is 5.97 Å². The zero-order chi connectivity index (χ0) is 12.8. The summed E-state index contributed by atoms with van der Waals surface area (Å²) in [5.74, 6) is 0.0282. The Bertz CT molecular complexity index is 464. The first-order valence-electron chi connectivity index (χ1n) is 5.03. The van der Waals surface area contributed by atoms with Crippen LogP contribution in [0.5, 0.6) is 5.75 Å². The minimum Gasteiger partial charge on any atom is -0.495 e. The zero-order valence-corrected chi connectivity index (χ0v) is 9.82. The Kier molecular flexibility index (Phi) is 4.49. The second-order valence-electron chi connectivity index (χ2n) is 3.36. The summed E-state index contributed by atoms with van der Waals surface area (Å²) in [5.41, 5.74) is 7.19. The van der Waals surface area contributed by atoms with Crippen molar-refractivity contribution in [3.63, 3.8) is 0 Å². The lowest BCUT2D eigenvalue weighted by Crippen LogP contribution is -2.09. The van der Waals surface area contributed by atoms with Crippen LogP contribution in [0.15, 0.2) is 12.1 Å². The molecule has 0 saturated heterocycles. The fraction of sp³-hybridized carbons (Fsp3) is 0.333. The van der Waals surface area contributed by atoms with Crippen LogP contribution in [0.3, 0.4) is 0 Å². The van der Waals surface area contributed by atoms with E-state index >= 15 is 0 Å². The van der Waals surface area contributed by atoms with Crippen molar-refractivity contribution in [1.82, 2.24) is 0 Å². The highest BCUT2D eigenvalue weighted by Gasteiger charge is 2.15. The van der Waals surface area contributed by atoms with E-state index in [9.17, 15) is 4.79 Å². The molecule has 0 atom stereocenters. The maximum Gasteiger partial charge on any atom is 0.310 e. The summed E-state index contributed by atoms with van der Waals surface area (Å²) >= 11 is 0. The Morgan fingerprint density at radius 2 is 2.06 bits per heavy atom. The lowest BCUT2D eigenvalue weighted by Gasteiger charge is -2.11. The van der Waals surface area contributed by atoms with Gasteiger partial charge in [0.05, 0.1) is 26.2 Å². The average Bonchev–Trinajstić information content (AvgIpc) is 2.37. The molecule has 0 unspecified atom stereocenters. The maximum atomic E-state index is 11.2. The van der Waals surface area contributed by atoms with Gasteiger partial charge in [-0.2, -0.15) is 5.26 Å². The van der Waals surface area contributed by atoms with Crippen molar-refractivity contribution in [3.05, 3.63) is 28.8 Å². The number of carbonyl (C=O) groups is 1. The third-order valence-electron chi connectivity index (χ3n) is 2.42. The number of hydrogen-bond acceptors (Lipinski definition) is 5. The number of benzene rings is 1. The molecule has 1 rings (SSSR count). The molecule has 0 radical (unpaired) electrons. The van der Waals surface area contributed by atoms with Crippen LogP contribution in [0.25, 0.3) is 0 Å². The van der Waals surface area contributed by atoms with Gasteiger partial charge in [-0.1, -0.05) is 12.1 Å². The number of carbonyl (C=O) groups excluding carboxylic acids is 1. The first-order chi connectivity index (χ1) is 8.17. The van der Waals surface area contributed by atoms with Crippen LogP contribution in [-0.4, -0.2) is 20.2 Å². The quantitative estimate of drug-likeness (QED) is 0.776. The number of rotatable bonds is 4. The summed E-state index contributed by atoms with van der Waals surface area (Å²) in [6.45, 7) is 0.274. The van der Waals surface area contributed by atoms with E-state index in [0.717, 1.165) is 5.56 Å². The molecule has 0 spiro atoms. The number of esters is 1. The monoisotopic (exact) mass is 234 g/mol. The van der Waals surface area contributed by atoms with E-state index in [1.807, 2.05) is 6.07 Å². The lowest BCUT2D eigenvalue weighted by atomic mass is 10.0. The van der Waals surface area contributed by atoms with E-state index in [0.29, 0.717) is 16.9 Å². The third-order valence-corrected chi connectivity index (χ3v) is 2.42. The number of nitrogens with two attached hydrogens (primary N) is 1. The van der Waals surface area contributed by atoms with Gasteiger partial charge in [-0.05, 0) is 5.56 Å². The van der Waals surface area contributed by atoms with Gasteiger partial charge in [0.25, 0.3) is 0 Å². The van der Waals surface area contributed by atoms with Crippen molar-refractivity contribution in [2.24, 2.45) is 5.73 Å². The molecular formula is C12H14N2O3. The van der Waals surface area contributed by atoms with Crippen molar-refractivity contribution in [2.45, 2.75) is 13.0 Å². The molecule has 0 aliphatic carbocycles. The largest absolute Gasteiger partial charge is 0.495 e. The van der Waals surface area contributed by atoms with Crippen LogP contribution in [0.2, 0.25) is 0 Å². The van der Waals surface area contributed by atoms with Gasteiger partial charge in [0, 0.05) is 12.1 Å². The minimum absolute atomic E-state index is 0.0423. The molecule has 0 amide bonds. The minimum atomic E-state index is -0.399. The molecule has 17 heavy (non-hydrogen) atoms. The van der Waals surface area contributed by atoms with Crippen LogP contribution < -0.4 is 10.5 Å². The van der Waals surface area contributed by atoms with Crippen LogP contribution >= 0.6 is 0 Å². The second-order valence-corrected chi connectivity index (χ2v) is 3.36. The molecule has 0 aliphatic heterocycles. The standard InChI is InChI=1S/C12H14N2O3/c1-16-11(15)5-8-3-4-9(6-13)12(17-2)10(8)7-14/h3-4H,5-6,13H2,1-2H3. The van der Waals surface area contributed by atoms with Crippen LogP contribution in [0, 0.1) is 11.3 Å². The SMILES string of the molecule is COC(=O)Cc1ccc(CN)c(OC)c1C#N. The van der Waals surface area contributed by atoms with Gasteiger partial charge in [0.1, 0.15) is 11.8 Å². The van der Waals surface area contributed by atoms with E-state index in [1.165, 1.54) is 14.2 Å². The number of ether oxygens (including phenoxy) is 2. The highest BCUT2D eigenvalue weighted by molar-refractivity contribution is 5.74. The van der Waals surface area contributed by atoms with Gasteiger partial charge >= 0.3 is 5.97 Å². The molecule has 0 bridgehead atoms. The van der Waals surface area contributed by atoms with Gasteiger partial charge < -0.3 is 15.2 Å². The highest BCUT2D eigenvalue weighted by atomic mass is 16.5. The van der Waals surface area contributed by atoms with E-state index in [1.54, 1.807) is 12.1 Å².